The first-order valence-electron chi connectivity index (χ1n) is 5.57. The number of carbonyl (C=O) groups excluding carboxylic acids is 1. The molecule has 1 N–H and O–H groups in total. The van der Waals surface area contributed by atoms with Crippen LogP contribution in [0.4, 0.5) is 0 Å². The highest BCUT2D eigenvalue weighted by atomic mass is 32.2. The van der Waals surface area contributed by atoms with Crippen LogP contribution < -0.4 is 5.32 Å². The zero-order chi connectivity index (χ0) is 11.8. The molecule has 0 saturated heterocycles. The zero-order valence-corrected chi connectivity index (χ0v) is 10.7. The van der Waals surface area contributed by atoms with Crippen molar-refractivity contribution in [3.63, 3.8) is 0 Å². The summed E-state index contributed by atoms with van der Waals surface area (Å²) in [7, 11) is 0. The highest BCUT2D eigenvalue weighted by Crippen LogP contribution is 2.11. The average molecular weight is 237 g/mol. The van der Waals surface area contributed by atoms with Crippen LogP contribution in [0.3, 0.4) is 0 Å². The monoisotopic (exact) mass is 237 g/mol. The summed E-state index contributed by atoms with van der Waals surface area (Å²) in [6, 6.07) is 10.1. The molecule has 2 nitrogen and oxygen atoms in total. The van der Waals surface area contributed by atoms with Gasteiger partial charge in [0.2, 0.25) is 5.91 Å². The molecule has 0 aliphatic rings. The molecular formula is C13H19NOS. The van der Waals surface area contributed by atoms with Crippen LogP contribution in [0, 0.1) is 0 Å². The lowest BCUT2D eigenvalue weighted by Gasteiger charge is -2.14. The van der Waals surface area contributed by atoms with Gasteiger partial charge in [-0.2, -0.15) is 11.8 Å². The average Bonchev–Trinajstić information content (AvgIpc) is 2.30. The van der Waals surface area contributed by atoms with Gasteiger partial charge >= 0.3 is 0 Å². The summed E-state index contributed by atoms with van der Waals surface area (Å²) in [5.41, 5.74) is 1.15. The number of benzene rings is 1. The highest BCUT2D eigenvalue weighted by Gasteiger charge is 2.08. The molecule has 1 aromatic carbocycles. The normalized spacial score (nSPS) is 12.1. The molecule has 1 rings (SSSR count). The van der Waals surface area contributed by atoms with Crippen molar-refractivity contribution in [3.8, 4) is 0 Å². The first kappa shape index (κ1) is 13.1. The maximum Gasteiger partial charge on any atom is 0.220 e. The van der Waals surface area contributed by atoms with Crippen LogP contribution in [0.25, 0.3) is 0 Å². The quantitative estimate of drug-likeness (QED) is 0.771. The predicted octanol–water partition coefficient (Wildman–Crippen LogP) is 3.01. The highest BCUT2D eigenvalue weighted by molar-refractivity contribution is 7.98. The fraction of sp³-hybridized carbons (Fsp3) is 0.462. The molecule has 0 heterocycles. The second kappa shape index (κ2) is 7.34. The third kappa shape index (κ3) is 4.71. The number of rotatable bonds is 6. The van der Waals surface area contributed by atoms with E-state index in [9.17, 15) is 4.79 Å². The van der Waals surface area contributed by atoms with E-state index in [1.54, 1.807) is 11.8 Å². The van der Waals surface area contributed by atoms with E-state index in [2.05, 4.69) is 11.6 Å². The Morgan fingerprint density at radius 2 is 2.06 bits per heavy atom. The number of carbonyl (C=O) groups is 1. The summed E-state index contributed by atoms with van der Waals surface area (Å²) in [6.45, 7) is 2.02. The van der Waals surface area contributed by atoms with Gasteiger partial charge in [-0.25, -0.2) is 0 Å². The minimum atomic E-state index is 0.1000. The number of amides is 1. The molecule has 0 radical (unpaired) electrons. The third-order valence-corrected chi connectivity index (χ3v) is 3.13. The first-order valence-corrected chi connectivity index (χ1v) is 6.96. The van der Waals surface area contributed by atoms with Crippen LogP contribution in [0.2, 0.25) is 0 Å². The zero-order valence-electron chi connectivity index (χ0n) is 9.90. The van der Waals surface area contributed by atoms with Gasteiger partial charge < -0.3 is 5.32 Å². The molecule has 0 aromatic heterocycles. The second-order valence-corrected chi connectivity index (χ2v) is 4.78. The van der Waals surface area contributed by atoms with E-state index in [0.29, 0.717) is 6.42 Å². The maximum atomic E-state index is 11.6. The van der Waals surface area contributed by atoms with E-state index in [1.807, 2.05) is 37.3 Å². The molecule has 3 heteroatoms. The molecule has 1 aromatic rings. The summed E-state index contributed by atoms with van der Waals surface area (Å²) in [5.74, 6) is 1.19. The maximum absolute atomic E-state index is 11.6. The number of hydrogen-bond acceptors (Lipinski definition) is 2. The smallest absolute Gasteiger partial charge is 0.220 e. The van der Waals surface area contributed by atoms with Gasteiger partial charge in [0.15, 0.2) is 0 Å². The number of nitrogens with one attached hydrogen (secondary N) is 1. The lowest BCUT2D eigenvalue weighted by atomic mass is 10.1. The topological polar surface area (TPSA) is 29.1 Å². The van der Waals surface area contributed by atoms with Gasteiger partial charge in [-0.1, -0.05) is 30.3 Å². The van der Waals surface area contributed by atoms with Crippen molar-refractivity contribution in [2.45, 2.75) is 25.8 Å². The summed E-state index contributed by atoms with van der Waals surface area (Å²) in [6.07, 6.45) is 3.64. The molecular weight excluding hydrogens is 218 g/mol. The van der Waals surface area contributed by atoms with Gasteiger partial charge in [-0.05, 0) is 30.9 Å². The second-order valence-electron chi connectivity index (χ2n) is 3.80. The Bertz CT molecular complexity index is 313. The fourth-order valence-corrected chi connectivity index (χ4v) is 1.95. The van der Waals surface area contributed by atoms with Crippen molar-refractivity contribution in [1.29, 1.82) is 0 Å². The van der Waals surface area contributed by atoms with E-state index < -0.39 is 0 Å². The van der Waals surface area contributed by atoms with Crippen molar-refractivity contribution < 1.29 is 4.79 Å². The Kier molecular flexibility index (Phi) is 6.01. The van der Waals surface area contributed by atoms with E-state index in [4.69, 9.17) is 0 Å². The van der Waals surface area contributed by atoms with Gasteiger partial charge in [-0.15, -0.1) is 0 Å². The Labute approximate surface area is 102 Å². The van der Waals surface area contributed by atoms with Gasteiger partial charge in [0, 0.05) is 6.42 Å². The standard InChI is InChI=1S/C13H19NOS/c1-11(12-7-4-3-5-8-12)14-13(15)9-6-10-16-2/h3-5,7-8,11H,6,9-10H2,1-2H3,(H,14,15). The molecule has 1 atom stereocenters. The van der Waals surface area contributed by atoms with Crippen molar-refractivity contribution in [2.75, 3.05) is 12.0 Å². The molecule has 1 amide bonds. The lowest BCUT2D eigenvalue weighted by Crippen LogP contribution is -2.26. The van der Waals surface area contributed by atoms with E-state index >= 15 is 0 Å². The Hall–Kier alpha value is -0.960. The fourth-order valence-electron chi connectivity index (χ4n) is 1.52. The molecule has 16 heavy (non-hydrogen) atoms. The minimum Gasteiger partial charge on any atom is -0.350 e. The van der Waals surface area contributed by atoms with Crippen LogP contribution >= 0.6 is 11.8 Å². The SMILES string of the molecule is CSCCCC(=O)NC(C)c1ccccc1. The summed E-state index contributed by atoms with van der Waals surface area (Å²) in [4.78, 5) is 11.6. The van der Waals surface area contributed by atoms with Gasteiger partial charge in [0.05, 0.1) is 6.04 Å². The van der Waals surface area contributed by atoms with Crippen LogP contribution in [0.1, 0.15) is 31.4 Å². The molecule has 0 aliphatic heterocycles. The number of hydrogen-bond donors (Lipinski definition) is 1. The molecule has 0 saturated carbocycles. The Morgan fingerprint density at radius 3 is 2.69 bits per heavy atom. The predicted molar refractivity (Wildman–Crippen MR) is 70.6 cm³/mol. The molecule has 88 valence electrons. The molecule has 0 aliphatic carbocycles. The summed E-state index contributed by atoms with van der Waals surface area (Å²) < 4.78 is 0. The lowest BCUT2D eigenvalue weighted by molar-refractivity contribution is -0.121. The Morgan fingerprint density at radius 1 is 1.38 bits per heavy atom. The van der Waals surface area contributed by atoms with Gasteiger partial charge in [-0.3, -0.25) is 4.79 Å². The first-order chi connectivity index (χ1) is 7.74. The molecule has 0 fully saturated rings. The molecule has 0 spiro atoms. The minimum absolute atomic E-state index is 0.1000. The van der Waals surface area contributed by atoms with Crippen LogP contribution in [0.15, 0.2) is 30.3 Å². The van der Waals surface area contributed by atoms with Crippen molar-refractivity contribution >= 4 is 17.7 Å². The summed E-state index contributed by atoms with van der Waals surface area (Å²) >= 11 is 1.78. The third-order valence-electron chi connectivity index (χ3n) is 2.43. The van der Waals surface area contributed by atoms with Crippen LogP contribution in [0.5, 0.6) is 0 Å². The number of thioether (sulfide) groups is 1. The van der Waals surface area contributed by atoms with E-state index in [1.165, 1.54) is 0 Å². The molecule has 1 unspecified atom stereocenters. The van der Waals surface area contributed by atoms with E-state index in [0.717, 1.165) is 17.7 Å². The van der Waals surface area contributed by atoms with Crippen molar-refractivity contribution in [3.05, 3.63) is 35.9 Å². The summed E-state index contributed by atoms with van der Waals surface area (Å²) in [5, 5.41) is 3.01. The van der Waals surface area contributed by atoms with Gasteiger partial charge in [0.25, 0.3) is 0 Å². The van der Waals surface area contributed by atoms with E-state index in [-0.39, 0.29) is 11.9 Å². The van der Waals surface area contributed by atoms with Gasteiger partial charge in [0.1, 0.15) is 0 Å². The van der Waals surface area contributed by atoms with Crippen molar-refractivity contribution in [2.24, 2.45) is 0 Å². The van der Waals surface area contributed by atoms with Crippen LogP contribution in [-0.4, -0.2) is 17.9 Å². The van der Waals surface area contributed by atoms with Crippen molar-refractivity contribution in [1.82, 2.24) is 5.32 Å². The molecule has 0 bridgehead atoms. The van der Waals surface area contributed by atoms with Crippen LogP contribution in [-0.2, 0) is 4.79 Å². The Balaban J connectivity index is 2.34. The largest absolute Gasteiger partial charge is 0.350 e.